The number of para-hydroxylation sites is 1. The number of aromatic nitrogens is 1. The lowest BCUT2D eigenvalue weighted by molar-refractivity contribution is -0.121. The van der Waals surface area contributed by atoms with Crippen molar-refractivity contribution in [3.8, 4) is 0 Å². The van der Waals surface area contributed by atoms with Crippen molar-refractivity contribution in [2.45, 2.75) is 64.1 Å². The first-order valence-corrected chi connectivity index (χ1v) is 12.7. The lowest BCUT2D eigenvalue weighted by Crippen LogP contribution is -2.41. The molecule has 2 aromatic rings. The molecule has 1 amide bonds. The number of nitrogens with one attached hydrogen (secondary N) is 2. The third-order valence-electron chi connectivity index (χ3n) is 5.79. The summed E-state index contributed by atoms with van der Waals surface area (Å²) in [6.07, 6.45) is 7.46. The normalized spacial score (nSPS) is 12.3. The number of hydrazine groups is 1. The van der Waals surface area contributed by atoms with Gasteiger partial charge in [-0.1, -0.05) is 50.5 Å². The molecule has 0 fully saturated rings. The molecule has 33 heavy (non-hydrogen) atoms. The maximum atomic E-state index is 12.7. The number of amides is 1. The van der Waals surface area contributed by atoms with E-state index >= 15 is 0 Å². The zero-order valence-electron chi connectivity index (χ0n) is 20.1. The van der Waals surface area contributed by atoms with Crippen molar-refractivity contribution in [2.24, 2.45) is 11.6 Å². The van der Waals surface area contributed by atoms with Crippen molar-refractivity contribution >= 4 is 29.4 Å². The van der Waals surface area contributed by atoms with Crippen molar-refractivity contribution in [1.29, 1.82) is 0 Å². The number of nitrogens with zero attached hydrogens (tertiary/aromatic N) is 2. The van der Waals surface area contributed by atoms with Crippen LogP contribution in [0.2, 0.25) is 0 Å². The lowest BCUT2D eigenvalue weighted by Gasteiger charge is -2.21. The number of unbranched alkanes of at least 4 members (excludes halogenated alkanes) is 5. The number of hydrogen-bond acceptors (Lipinski definition) is 6. The monoisotopic (exact) mass is 474 g/mol. The molecule has 0 bridgehead atoms. The van der Waals surface area contributed by atoms with Gasteiger partial charge in [-0.05, 0) is 36.9 Å². The largest absolute Gasteiger partial charge is 0.387 e. The molecule has 1 unspecified atom stereocenters. The number of carbonyl (C=O) groups is 1. The van der Waals surface area contributed by atoms with Crippen LogP contribution in [-0.4, -0.2) is 47.4 Å². The fraction of sp³-hybridized carbons (Fsp3) is 0.560. The lowest BCUT2D eigenvalue weighted by atomic mass is 10.1. The van der Waals surface area contributed by atoms with Gasteiger partial charge in [-0.3, -0.25) is 10.6 Å². The molecule has 184 valence electrons. The quantitative estimate of drug-likeness (QED) is 0.105. The summed E-state index contributed by atoms with van der Waals surface area (Å²) in [6, 6.07) is 10.1. The van der Waals surface area contributed by atoms with Crippen LogP contribution in [0, 0.1) is 0 Å². The Morgan fingerprint density at radius 3 is 2.58 bits per heavy atom. The van der Waals surface area contributed by atoms with E-state index in [1.54, 1.807) is 5.01 Å². The SMILES string of the molecule is C=C(NCCCCCCCCN)C(CS)NC(=O)CCn1c(CN(C)N)cc2ccccc21. The minimum Gasteiger partial charge on any atom is -0.387 e. The van der Waals surface area contributed by atoms with Gasteiger partial charge in [0.2, 0.25) is 5.91 Å². The van der Waals surface area contributed by atoms with Gasteiger partial charge >= 0.3 is 0 Å². The zero-order valence-corrected chi connectivity index (χ0v) is 21.0. The molecular weight excluding hydrogens is 432 g/mol. The number of rotatable bonds is 17. The minimum absolute atomic E-state index is 0.0123. The summed E-state index contributed by atoms with van der Waals surface area (Å²) in [7, 11) is 1.84. The van der Waals surface area contributed by atoms with Crippen molar-refractivity contribution in [3.63, 3.8) is 0 Å². The van der Waals surface area contributed by atoms with Gasteiger partial charge in [-0.25, -0.2) is 5.01 Å². The molecule has 0 aliphatic carbocycles. The third kappa shape index (κ3) is 9.41. The van der Waals surface area contributed by atoms with E-state index in [0.717, 1.165) is 48.2 Å². The fourth-order valence-electron chi connectivity index (χ4n) is 3.99. The number of aryl methyl sites for hydroxylation is 1. The molecule has 7 nitrogen and oxygen atoms in total. The molecule has 1 atom stereocenters. The Morgan fingerprint density at radius 2 is 1.88 bits per heavy atom. The van der Waals surface area contributed by atoms with Gasteiger partial charge in [0.05, 0.1) is 12.6 Å². The summed E-state index contributed by atoms with van der Waals surface area (Å²) < 4.78 is 2.18. The van der Waals surface area contributed by atoms with E-state index in [1.165, 1.54) is 25.7 Å². The van der Waals surface area contributed by atoms with E-state index in [0.29, 0.717) is 25.3 Å². The van der Waals surface area contributed by atoms with Crippen molar-refractivity contribution < 1.29 is 4.79 Å². The predicted octanol–water partition coefficient (Wildman–Crippen LogP) is 3.15. The summed E-state index contributed by atoms with van der Waals surface area (Å²) in [4.78, 5) is 12.7. The van der Waals surface area contributed by atoms with Crippen LogP contribution in [0.5, 0.6) is 0 Å². The Hall–Kier alpha value is -2.00. The maximum absolute atomic E-state index is 12.7. The average Bonchev–Trinajstić information content (AvgIpc) is 3.13. The molecule has 1 aromatic heterocycles. The van der Waals surface area contributed by atoms with E-state index in [9.17, 15) is 4.79 Å². The summed E-state index contributed by atoms with van der Waals surface area (Å²) in [5, 5.41) is 9.24. The van der Waals surface area contributed by atoms with E-state index in [4.69, 9.17) is 11.6 Å². The molecule has 1 heterocycles. The summed E-state index contributed by atoms with van der Waals surface area (Å²) >= 11 is 4.42. The second kappa shape index (κ2) is 15.0. The van der Waals surface area contributed by atoms with Crippen molar-refractivity contribution in [2.75, 3.05) is 25.9 Å². The number of nitrogens with two attached hydrogens (primary N) is 2. The van der Waals surface area contributed by atoms with Crippen LogP contribution in [0.15, 0.2) is 42.6 Å². The Morgan fingerprint density at radius 1 is 1.18 bits per heavy atom. The highest BCUT2D eigenvalue weighted by Gasteiger charge is 2.16. The summed E-state index contributed by atoms with van der Waals surface area (Å²) in [5.41, 5.74) is 8.55. The standard InChI is InChI=1S/C25H42N6OS/c1-20(28-15-10-6-4-3-5-9-14-26)23(19-33)29-25(32)13-16-31-22(18-30(2)27)17-21-11-7-8-12-24(21)31/h7-8,11-12,17,23,28,33H,1,3-6,9-10,13-16,18-19,26-27H2,2H3,(H,29,32). The van der Waals surface area contributed by atoms with Gasteiger partial charge in [-0.15, -0.1) is 0 Å². The summed E-state index contributed by atoms with van der Waals surface area (Å²) in [5.74, 6) is 6.38. The second-order valence-electron chi connectivity index (χ2n) is 8.68. The van der Waals surface area contributed by atoms with Crippen LogP contribution in [0.25, 0.3) is 10.9 Å². The van der Waals surface area contributed by atoms with Gasteiger partial charge in [0.1, 0.15) is 0 Å². The maximum Gasteiger partial charge on any atom is 0.222 e. The molecule has 0 saturated heterocycles. The van der Waals surface area contributed by atoms with Gasteiger partial charge in [0.25, 0.3) is 0 Å². The number of thiol groups is 1. The van der Waals surface area contributed by atoms with Crippen molar-refractivity contribution in [3.05, 3.63) is 48.3 Å². The fourth-order valence-corrected chi connectivity index (χ4v) is 4.30. The topological polar surface area (TPSA) is 101 Å². The molecule has 0 radical (unpaired) electrons. The van der Waals surface area contributed by atoms with Crippen LogP contribution < -0.4 is 22.2 Å². The van der Waals surface area contributed by atoms with Crippen LogP contribution in [0.3, 0.4) is 0 Å². The highest BCUT2D eigenvalue weighted by molar-refractivity contribution is 7.80. The van der Waals surface area contributed by atoms with Gasteiger partial charge < -0.3 is 20.9 Å². The van der Waals surface area contributed by atoms with E-state index in [2.05, 4.69) is 52.6 Å². The van der Waals surface area contributed by atoms with Gasteiger partial charge in [-0.2, -0.15) is 12.6 Å². The predicted molar refractivity (Wildman–Crippen MR) is 142 cm³/mol. The number of benzene rings is 1. The number of fused-ring (bicyclic) bond motifs is 1. The van der Waals surface area contributed by atoms with Crippen LogP contribution in [-0.2, 0) is 17.9 Å². The second-order valence-corrected chi connectivity index (χ2v) is 9.04. The molecule has 6 N–H and O–H groups in total. The van der Waals surface area contributed by atoms with E-state index in [1.807, 2.05) is 19.2 Å². The molecule has 0 spiro atoms. The molecule has 1 aromatic carbocycles. The molecule has 8 heteroatoms. The number of hydrogen-bond donors (Lipinski definition) is 5. The highest BCUT2D eigenvalue weighted by atomic mass is 32.1. The molecular formula is C25H42N6OS. The smallest absolute Gasteiger partial charge is 0.222 e. The Labute approximate surface area is 204 Å². The minimum atomic E-state index is -0.193. The van der Waals surface area contributed by atoms with Gasteiger partial charge in [0.15, 0.2) is 0 Å². The first-order chi connectivity index (χ1) is 16.0. The highest BCUT2D eigenvalue weighted by Crippen LogP contribution is 2.21. The zero-order chi connectivity index (χ0) is 24.1. The van der Waals surface area contributed by atoms with Crippen LogP contribution in [0.1, 0.15) is 50.6 Å². The third-order valence-corrected chi connectivity index (χ3v) is 6.16. The Kier molecular flexibility index (Phi) is 12.4. The Balaban J connectivity index is 1.80. The first-order valence-electron chi connectivity index (χ1n) is 12.0. The van der Waals surface area contributed by atoms with Crippen LogP contribution >= 0.6 is 12.6 Å². The van der Waals surface area contributed by atoms with Gasteiger partial charge in [0, 0.05) is 49.2 Å². The average molecular weight is 475 g/mol. The summed E-state index contributed by atoms with van der Waals surface area (Å²) in [6.45, 7) is 6.97. The van der Waals surface area contributed by atoms with Crippen LogP contribution in [0.4, 0.5) is 0 Å². The Bertz CT molecular complexity index is 866. The first kappa shape index (κ1) is 27.2. The molecule has 0 saturated carbocycles. The number of carbonyl (C=O) groups excluding carboxylic acids is 1. The van der Waals surface area contributed by atoms with Crippen molar-refractivity contribution in [1.82, 2.24) is 20.2 Å². The van der Waals surface area contributed by atoms with E-state index < -0.39 is 0 Å². The molecule has 0 aliphatic rings. The molecule has 2 rings (SSSR count). The molecule has 0 aliphatic heterocycles. The van der Waals surface area contributed by atoms with E-state index in [-0.39, 0.29) is 11.9 Å².